The Balaban J connectivity index is 1.42. The zero-order valence-corrected chi connectivity index (χ0v) is 22.7. The van der Waals surface area contributed by atoms with Gasteiger partial charge in [0, 0.05) is 43.0 Å². The van der Waals surface area contributed by atoms with Gasteiger partial charge in [0.2, 0.25) is 11.8 Å². The molecule has 0 aliphatic heterocycles. The number of likely N-dealkylation sites (N-methyl/N-ethyl adjacent to an activating group) is 1. The number of aromatic amines is 1. The summed E-state index contributed by atoms with van der Waals surface area (Å²) in [5.41, 5.74) is 7.24. The van der Waals surface area contributed by atoms with Gasteiger partial charge in [0.15, 0.2) is 0 Å². The van der Waals surface area contributed by atoms with E-state index in [0.29, 0.717) is 29.8 Å². The van der Waals surface area contributed by atoms with Crippen LogP contribution in [0.2, 0.25) is 0 Å². The van der Waals surface area contributed by atoms with Crippen molar-refractivity contribution in [3.05, 3.63) is 106 Å². The van der Waals surface area contributed by atoms with E-state index in [1.807, 2.05) is 12.1 Å². The van der Waals surface area contributed by atoms with Crippen LogP contribution in [0.4, 0.5) is 14.5 Å². The Hall–Kier alpha value is -4.77. The van der Waals surface area contributed by atoms with Crippen LogP contribution in [0.25, 0.3) is 10.9 Å². The minimum Gasteiger partial charge on any atom is -0.487 e. The summed E-state index contributed by atoms with van der Waals surface area (Å²) >= 11 is 0. The molecule has 0 spiro atoms. The lowest BCUT2D eigenvalue weighted by atomic mass is 10.1. The number of ether oxygens (including phenoxy) is 1. The summed E-state index contributed by atoms with van der Waals surface area (Å²) in [7, 11) is 3.29. The molecular formula is C30H31F2N5O4. The summed E-state index contributed by atoms with van der Waals surface area (Å²) in [5, 5.41) is 3.42. The summed E-state index contributed by atoms with van der Waals surface area (Å²) in [6, 6.07) is 12.9. The molecule has 0 saturated carbocycles. The highest BCUT2D eigenvalue weighted by Crippen LogP contribution is 2.27. The van der Waals surface area contributed by atoms with Crippen molar-refractivity contribution in [2.45, 2.75) is 32.0 Å². The molecule has 2 heterocycles. The van der Waals surface area contributed by atoms with Crippen molar-refractivity contribution in [3.8, 4) is 5.75 Å². The number of fused-ring (bicyclic) bond motifs is 1. The summed E-state index contributed by atoms with van der Waals surface area (Å²) in [6.45, 7) is 0.0907. The predicted octanol–water partition coefficient (Wildman–Crippen LogP) is 3.93. The number of hydrogen-bond acceptors (Lipinski definition) is 5. The maximum absolute atomic E-state index is 14.0. The first kappa shape index (κ1) is 29.2. The Kier molecular flexibility index (Phi) is 9.30. The third-order valence-electron chi connectivity index (χ3n) is 6.37. The van der Waals surface area contributed by atoms with Crippen molar-refractivity contribution in [2.24, 2.45) is 5.73 Å². The van der Waals surface area contributed by atoms with E-state index >= 15 is 0 Å². The van der Waals surface area contributed by atoms with Crippen molar-refractivity contribution >= 4 is 28.4 Å². The van der Waals surface area contributed by atoms with Gasteiger partial charge in [-0.2, -0.15) is 0 Å². The minimum absolute atomic E-state index is 0.0899. The van der Waals surface area contributed by atoms with Gasteiger partial charge in [-0.15, -0.1) is 0 Å². The van der Waals surface area contributed by atoms with Crippen LogP contribution in [0, 0.1) is 11.6 Å². The van der Waals surface area contributed by atoms with Gasteiger partial charge < -0.3 is 30.2 Å². The van der Waals surface area contributed by atoms with E-state index < -0.39 is 29.1 Å². The van der Waals surface area contributed by atoms with Crippen LogP contribution in [0.5, 0.6) is 5.75 Å². The summed E-state index contributed by atoms with van der Waals surface area (Å²) in [4.78, 5) is 41.9. The number of nitrogens with two attached hydrogens (primary N) is 1. The van der Waals surface area contributed by atoms with Crippen molar-refractivity contribution in [3.63, 3.8) is 0 Å². The molecule has 0 fully saturated rings. The molecule has 1 atom stereocenters. The highest BCUT2D eigenvalue weighted by atomic mass is 19.1. The molecule has 0 bridgehead atoms. The smallest absolute Gasteiger partial charge is 0.274 e. The molecule has 11 heteroatoms. The monoisotopic (exact) mass is 563 g/mol. The molecule has 0 aliphatic carbocycles. The number of nitrogens with one attached hydrogen (secondary N) is 2. The number of H-pyrrole nitrogens is 1. The highest BCUT2D eigenvalue weighted by molar-refractivity contribution is 5.94. The van der Waals surface area contributed by atoms with Crippen LogP contribution in [-0.4, -0.2) is 46.4 Å². The molecule has 2 aromatic heterocycles. The zero-order valence-electron chi connectivity index (χ0n) is 22.7. The number of halogens is 2. The van der Waals surface area contributed by atoms with E-state index in [2.05, 4.69) is 10.3 Å². The normalized spacial score (nSPS) is 12.0. The van der Waals surface area contributed by atoms with E-state index in [0.717, 1.165) is 11.5 Å². The van der Waals surface area contributed by atoms with Gasteiger partial charge in [0.05, 0.1) is 18.1 Å². The van der Waals surface area contributed by atoms with Crippen LogP contribution in [-0.2, 0) is 22.7 Å². The van der Waals surface area contributed by atoms with Crippen LogP contribution in [0.3, 0.4) is 0 Å². The lowest BCUT2D eigenvalue weighted by Gasteiger charge is -2.12. The molecule has 0 saturated heterocycles. The third kappa shape index (κ3) is 7.46. The number of carbonyl (C=O) groups excluding carboxylic acids is 2. The molecule has 4 aromatic rings. The Labute approximate surface area is 235 Å². The standard InChI is InChI=1S/C30H31F2N5O4/c1-36(2)27(38)11-4-3-8-24(33)29(39)35-25-9-6-14-37(30(25)40)17-22-15-19-7-5-10-26(28(19)34-22)41-18-20-12-13-21(31)16-23(20)32/h4-7,9-16,24,34H,3,8,17-18,33H2,1-2H3,(H,35,39). The number of hydrogen-bond donors (Lipinski definition) is 3. The SMILES string of the molecule is CN(C)C(=O)C=CCCC(N)C(=O)Nc1cccn(Cc2cc3cccc(OCc4ccc(F)cc4F)c3[nH]2)c1=O. The molecule has 1 unspecified atom stereocenters. The number of para-hydroxylation sites is 1. The Bertz CT molecular complexity index is 1640. The van der Waals surface area contributed by atoms with Crippen LogP contribution in [0.15, 0.2) is 77.7 Å². The Morgan fingerprint density at radius 3 is 2.71 bits per heavy atom. The fourth-order valence-electron chi connectivity index (χ4n) is 4.09. The molecule has 4 rings (SSSR count). The van der Waals surface area contributed by atoms with Crippen molar-refractivity contribution in [1.82, 2.24) is 14.5 Å². The molecule has 0 aliphatic rings. The lowest BCUT2D eigenvalue weighted by molar-refractivity contribution is -0.123. The first-order valence-electron chi connectivity index (χ1n) is 12.9. The van der Waals surface area contributed by atoms with Gasteiger partial charge >= 0.3 is 0 Å². The van der Waals surface area contributed by atoms with E-state index in [4.69, 9.17) is 10.5 Å². The first-order valence-corrected chi connectivity index (χ1v) is 12.9. The number of carbonyl (C=O) groups is 2. The molecule has 4 N–H and O–H groups in total. The van der Waals surface area contributed by atoms with Crippen molar-refractivity contribution < 1.29 is 23.1 Å². The quantitative estimate of drug-likeness (QED) is 0.239. The Morgan fingerprint density at radius 2 is 1.95 bits per heavy atom. The second-order valence-electron chi connectivity index (χ2n) is 9.70. The minimum atomic E-state index is -0.863. The average Bonchev–Trinajstić information content (AvgIpc) is 3.35. The van der Waals surface area contributed by atoms with E-state index in [-0.39, 0.29) is 30.3 Å². The van der Waals surface area contributed by atoms with E-state index in [1.54, 1.807) is 44.6 Å². The molecule has 214 valence electrons. The van der Waals surface area contributed by atoms with Gasteiger partial charge in [0.25, 0.3) is 5.56 Å². The van der Waals surface area contributed by atoms with Gasteiger partial charge in [-0.05, 0) is 55.3 Å². The molecule has 0 radical (unpaired) electrons. The number of nitrogens with zero attached hydrogens (tertiary/aromatic N) is 2. The Morgan fingerprint density at radius 1 is 1.15 bits per heavy atom. The first-order chi connectivity index (χ1) is 19.6. The van der Waals surface area contributed by atoms with Gasteiger partial charge in [-0.3, -0.25) is 14.4 Å². The van der Waals surface area contributed by atoms with Crippen LogP contribution >= 0.6 is 0 Å². The van der Waals surface area contributed by atoms with Crippen LogP contribution in [0.1, 0.15) is 24.1 Å². The van der Waals surface area contributed by atoms with Crippen LogP contribution < -0.4 is 21.3 Å². The molecule has 41 heavy (non-hydrogen) atoms. The molecule has 2 aromatic carbocycles. The number of amides is 2. The maximum atomic E-state index is 14.0. The molecule has 2 amide bonds. The third-order valence-corrected chi connectivity index (χ3v) is 6.37. The maximum Gasteiger partial charge on any atom is 0.274 e. The number of aromatic nitrogens is 2. The van der Waals surface area contributed by atoms with Crippen molar-refractivity contribution in [1.29, 1.82) is 0 Å². The topological polar surface area (TPSA) is 122 Å². The zero-order chi connectivity index (χ0) is 29.5. The number of benzene rings is 2. The second-order valence-corrected chi connectivity index (χ2v) is 9.70. The largest absolute Gasteiger partial charge is 0.487 e. The van der Waals surface area contributed by atoms with Gasteiger partial charge in [0.1, 0.15) is 29.7 Å². The molecular weight excluding hydrogens is 532 g/mol. The van der Waals surface area contributed by atoms with E-state index in [1.165, 1.54) is 33.7 Å². The van der Waals surface area contributed by atoms with E-state index in [9.17, 15) is 23.2 Å². The van der Waals surface area contributed by atoms with Gasteiger partial charge in [-0.1, -0.05) is 18.2 Å². The fraction of sp³-hybridized carbons (Fsp3) is 0.233. The number of allylic oxidation sites excluding steroid dienone is 1. The second kappa shape index (κ2) is 13.1. The van der Waals surface area contributed by atoms with Gasteiger partial charge in [-0.25, -0.2) is 8.78 Å². The lowest BCUT2D eigenvalue weighted by Crippen LogP contribution is -2.37. The number of anilines is 1. The summed E-state index contributed by atoms with van der Waals surface area (Å²) < 4.78 is 34.5. The highest BCUT2D eigenvalue weighted by Gasteiger charge is 2.16. The molecule has 9 nitrogen and oxygen atoms in total. The number of pyridine rings is 1. The average molecular weight is 564 g/mol. The predicted molar refractivity (Wildman–Crippen MR) is 152 cm³/mol. The summed E-state index contributed by atoms with van der Waals surface area (Å²) in [5.74, 6) is -1.54. The number of rotatable bonds is 11. The summed E-state index contributed by atoms with van der Waals surface area (Å²) in [6.07, 6.45) is 5.41. The van der Waals surface area contributed by atoms with Crippen molar-refractivity contribution in [2.75, 3.05) is 19.4 Å². The fourth-order valence-corrected chi connectivity index (χ4v) is 4.09.